The Hall–Kier alpha value is -2.34. The molecule has 2 atom stereocenters. The van der Waals surface area contributed by atoms with Gasteiger partial charge in [0, 0.05) is 19.0 Å². The van der Waals surface area contributed by atoms with Gasteiger partial charge in [0.1, 0.15) is 12.5 Å². The van der Waals surface area contributed by atoms with Crippen molar-refractivity contribution in [3.05, 3.63) is 42.1 Å². The van der Waals surface area contributed by atoms with Crippen LogP contribution < -0.4 is 9.47 Å². The molecule has 1 aromatic heterocycles. The molecule has 0 radical (unpaired) electrons. The van der Waals surface area contributed by atoms with E-state index in [1.54, 1.807) is 12.5 Å². The maximum Gasteiger partial charge on any atom is 0.231 e. The van der Waals surface area contributed by atoms with Gasteiger partial charge in [-0.05, 0) is 36.5 Å². The molecule has 0 spiro atoms. The molecule has 1 aromatic carbocycles. The van der Waals surface area contributed by atoms with Gasteiger partial charge in [-0.3, -0.25) is 4.90 Å². The summed E-state index contributed by atoms with van der Waals surface area (Å²) in [5.74, 6) is 2.78. The number of hydrogen-bond donors (Lipinski definition) is 0. The Morgan fingerprint density at radius 1 is 1.29 bits per heavy atom. The number of rotatable bonds is 6. The van der Waals surface area contributed by atoms with E-state index in [4.69, 9.17) is 13.9 Å². The van der Waals surface area contributed by atoms with Gasteiger partial charge in [0.2, 0.25) is 6.79 Å². The Morgan fingerprint density at radius 2 is 2.21 bits per heavy atom. The van der Waals surface area contributed by atoms with Crippen molar-refractivity contribution in [3.63, 3.8) is 0 Å². The van der Waals surface area contributed by atoms with Crippen LogP contribution in [0.25, 0.3) is 0 Å². The monoisotopic (exact) mass is 328 g/mol. The smallest absolute Gasteiger partial charge is 0.231 e. The standard InChI is InChI=1S/C18H20N2O4/c21-7-6-20-11-14(9-15(20)2-4-18-19-5-8-22-18)13-1-3-16-17(10-13)24-12-23-16/h1,3,5,7-8,10,14-15H,2,4,6,9,11-12H2. The van der Waals surface area contributed by atoms with Crippen molar-refractivity contribution in [1.82, 2.24) is 9.88 Å². The number of carbonyl (C=O) groups is 1. The lowest BCUT2D eigenvalue weighted by molar-refractivity contribution is -0.109. The molecule has 0 saturated carbocycles. The van der Waals surface area contributed by atoms with Gasteiger partial charge in [0.25, 0.3) is 0 Å². The molecule has 6 nitrogen and oxygen atoms in total. The third kappa shape index (κ3) is 3.01. The average Bonchev–Trinajstić information content (AvgIpc) is 3.33. The van der Waals surface area contributed by atoms with Gasteiger partial charge < -0.3 is 18.7 Å². The Balaban J connectivity index is 1.46. The van der Waals surface area contributed by atoms with E-state index < -0.39 is 0 Å². The Kier molecular flexibility index (Phi) is 4.21. The molecule has 24 heavy (non-hydrogen) atoms. The van der Waals surface area contributed by atoms with E-state index in [0.29, 0.717) is 25.3 Å². The summed E-state index contributed by atoms with van der Waals surface area (Å²) < 4.78 is 16.2. The van der Waals surface area contributed by atoms with E-state index >= 15 is 0 Å². The molecule has 2 aliphatic rings. The molecular weight excluding hydrogens is 308 g/mol. The van der Waals surface area contributed by atoms with Crippen LogP contribution in [0.4, 0.5) is 0 Å². The first kappa shape index (κ1) is 15.2. The minimum absolute atomic E-state index is 0.291. The molecule has 1 fully saturated rings. The van der Waals surface area contributed by atoms with Crippen LogP contribution in [-0.2, 0) is 11.2 Å². The van der Waals surface area contributed by atoms with E-state index in [1.807, 2.05) is 6.07 Å². The summed E-state index contributed by atoms with van der Waals surface area (Å²) in [6.45, 7) is 1.64. The van der Waals surface area contributed by atoms with Gasteiger partial charge in [-0.15, -0.1) is 0 Å². The van der Waals surface area contributed by atoms with Crippen molar-refractivity contribution in [2.45, 2.75) is 31.2 Å². The second-order valence-corrected chi connectivity index (χ2v) is 6.28. The van der Waals surface area contributed by atoms with Crippen LogP contribution in [0.1, 0.15) is 30.2 Å². The highest BCUT2D eigenvalue weighted by atomic mass is 16.7. The largest absolute Gasteiger partial charge is 0.454 e. The second-order valence-electron chi connectivity index (χ2n) is 6.28. The molecule has 2 unspecified atom stereocenters. The number of fused-ring (bicyclic) bond motifs is 1. The van der Waals surface area contributed by atoms with E-state index in [9.17, 15) is 4.79 Å². The zero-order chi connectivity index (χ0) is 16.4. The van der Waals surface area contributed by atoms with E-state index in [2.05, 4.69) is 22.0 Å². The summed E-state index contributed by atoms with van der Waals surface area (Å²) in [6, 6.07) is 6.51. The first-order valence-corrected chi connectivity index (χ1v) is 8.29. The molecule has 4 rings (SSSR count). The number of aldehydes is 1. The third-order valence-corrected chi connectivity index (χ3v) is 4.88. The van der Waals surface area contributed by atoms with E-state index in [1.165, 1.54) is 5.56 Å². The summed E-state index contributed by atoms with van der Waals surface area (Å²) in [7, 11) is 0. The maximum atomic E-state index is 11.0. The van der Waals surface area contributed by atoms with Crippen LogP contribution in [0.3, 0.4) is 0 Å². The predicted molar refractivity (Wildman–Crippen MR) is 86.2 cm³/mol. The molecule has 0 bridgehead atoms. The fourth-order valence-electron chi connectivity index (χ4n) is 3.68. The fourth-order valence-corrected chi connectivity index (χ4v) is 3.68. The van der Waals surface area contributed by atoms with E-state index in [0.717, 1.165) is 49.5 Å². The minimum Gasteiger partial charge on any atom is -0.454 e. The van der Waals surface area contributed by atoms with Crippen LogP contribution in [0.15, 0.2) is 35.1 Å². The highest BCUT2D eigenvalue weighted by Crippen LogP contribution is 2.39. The molecule has 1 saturated heterocycles. The first-order valence-electron chi connectivity index (χ1n) is 8.29. The summed E-state index contributed by atoms with van der Waals surface area (Å²) in [6.07, 6.45) is 7.01. The number of aromatic nitrogens is 1. The molecule has 0 aliphatic carbocycles. The number of hydrogen-bond acceptors (Lipinski definition) is 6. The van der Waals surface area contributed by atoms with Crippen molar-refractivity contribution in [2.24, 2.45) is 0 Å². The summed E-state index contributed by atoms with van der Waals surface area (Å²) in [4.78, 5) is 17.5. The Bertz CT molecular complexity index is 701. The predicted octanol–water partition coefficient (Wildman–Crippen LogP) is 2.39. The van der Waals surface area contributed by atoms with Gasteiger partial charge in [0.05, 0.1) is 12.7 Å². The van der Waals surface area contributed by atoms with Crippen molar-refractivity contribution in [3.8, 4) is 11.5 Å². The normalized spacial score (nSPS) is 22.8. The van der Waals surface area contributed by atoms with Crippen LogP contribution in [0, 0.1) is 0 Å². The highest BCUT2D eigenvalue weighted by molar-refractivity contribution is 5.52. The molecule has 126 valence electrons. The topological polar surface area (TPSA) is 64.8 Å². The number of likely N-dealkylation sites (tertiary alicyclic amines) is 1. The molecule has 0 N–H and O–H groups in total. The zero-order valence-electron chi connectivity index (χ0n) is 13.4. The van der Waals surface area contributed by atoms with Gasteiger partial charge in [-0.1, -0.05) is 6.07 Å². The SMILES string of the molecule is O=CCN1CC(c2ccc3c(c2)OCO3)CC1CCc1ncco1. The second kappa shape index (κ2) is 6.65. The molecule has 2 aromatic rings. The summed E-state index contributed by atoms with van der Waals surface area (Å²) in [5.41, 5.74) is 1.24. The van der Waals surface area contributed by atoms with Crippen LogP contribution in [0.2, 0.25) is 0 Å². The zero-order valence-corrected chi connectivity index (χ0v) is 13.4. The number of oxazole rings is 1. The van der Waals surface area contributed by atoms with E-state index in [-0.39, 0.29) is 0 Å². The van der Waals surface area contributed by atoms with Gasteiger partial charge in [-0.25, -0.2) is 4.98 Å². The molecule has 0 amide bonds. The van der Waals surface area contributed by atoms with Gasteiger partial charge >= 0.3 is 0 Å². The maximum absolute atomic E-state index is 11.0. The molecule has 6 heteroatoms. The quantitative estimate of drug-likeness (QED) is 0.759. The molecule has 2 aliphatic heterocycles. The van der Waals surface area contributed by atoms with Crippen LogP contribution >= 0.6 is 0 Å². The van der Waals surface area contributed by atoms with Crippen molar-refractivity contribution in [2.75, 3.05) is 19.9 Å². The summed E-state index contributed by atoms with van der Waals surface area (Å²) >= 11 is 0. The lowest BCUT2D eigenvalue weighted by Gasteiger charge is -2.21. The third-order valence-electron chi connectivity index (χ3n) is 4.88. The number of nitrogens with zero attached hydrogens (tertiary/aromatic N) is 2. The molecular formula is C18H20N2O4. The van der Waals surface area contributed by atoms with Crippen molar-refractivity contribution < 1.29 is 18.7 Å². The van der Waals surface area contributed by atoms with Crippen molar-refractivity contribution in [1.29, 1.82) is 0 Å². The number of ether oxygens (including phenoxy) is 2. The highest BCUT2D eigenvalue weighted by Gasteiger charge is 2.33. The lowest BCUT2D eigenvalue weighted by atomic mass is 9.94. The van der Waals surface area contributed by atoms with Crippen molar-refractivity contribution >= 4 is 6.29 Å². The van der Waals surface area contributed by atoms with Gasteiger partial charge in [0.15, 0.2) is 17.4 Å². The van der Waals surface area contributed by atoms with Gasteiger partial charge in [-0.2, -0.15) is 0 Å². The number of aryl methyl sites for hydroxylation is 1. The van der Waals surface area contributed by atoms with Crippen LogP contribution in [0.5, 0.6) is 11.5 Å². The first-order chi connectivity index (χ1) is 11.8. The fraction of sp³-hybridized carbons (Fsp3) is 0.444. The average molecular weight is 328 g/mol. The lowest BCUT2D eigenvalue weighted by Crippen LogP contribution is -2.31. The van der Waals surface area contributed by atoms with Crippen LogP contribution in [-0.4, -0.2) is 42.1 Å². The summed E-state index contributed by atoms with van der Waals surface area (Å²) in [5, 5.41) is 0. The molecule has 3 heterocycles. The Labute approximate surface area is 140 Å². The minimum atomic E-state index is 0.291. The Morgan fingerprint density at radius 3 is 3.04 bits per heavy atom. The number of benzene rings is 1. The number of carbonyl (C=O) groups excluding carboxylic acids is 1.